The van der Waals surface area contributed by atoms with Gasteiger partial charge in [0.25, 0.3) is 0 Å². The van der Waals surface area contributed by atoms with Gasteiger partial charge in [0, 0.05) is 18.0 Å². The number of nitrogens with zero attached hydrogens (tertiary/aromatic N) is 1. The minimum absolute atomic E-state index is 0.173. The van der Waals surface area contributed by atoms with Crippen LogP contribution in [0.1, 0.15) is 35.7 Å². The molecule has 0 bridgehead atoms. The van der Waals surface area contributed by atoms with E-state index < -0.39 is 0 Å². The van der Waals surface area contributed by atoms with E-state index in [1.54, 1.807) is 0 Å². The highest BCUT2D eigenvalue weighted by atomic mass is 32.1. The summed E-state index contributed by atoms with van der Waals surface area (Å²) in [4.78, 5) is 4.04. The smallest absolute Gasteiger partial charge is 0.123 e. The maximum Gasteiger partial charge on any atom is 0.123 e. The molecule has 1 atom stereocenters. The summed E-state index contributed by atoms with van der Waals surface area (Å²) < 4.78 is 12.9. The number of likely N-dealkylation sites (tertiary alicyclic amines) is 1. The Morgan fingerprint density at radius 1 is 1.09 bits per heavy atom. The van der Waals surface area contributed by atoms with Gasteiger partial charge < -0.3 is 5.32 Å². The first-order chi connectivity index (χ1) is 10.8. The van der Waals surface area contributed by atoms with Gasteiger partial charge in [0.2, 0.25) is 0 Å². The molecule has 3 rings (SSSR count). The highest BCUT2D eigenvalue weighted by Gasteiger charge is 2.22. The maximum absolute atomic E-state index is 12.9. The molecule has 2 nitrogen and oxygen atoms in total. The fourth-order valence-corrected chi connectivity index (χ4v) is 3.94. The number of piperidine rings is 1. The molecule has 2 aromatic rings. The van der Waals surface area contributed by atoms with Gasteiger partial charge >= 0.3 is 0 Å². The van der Waals surface area contributed by atoms with Crippen LogP contribution in [0.5, 0.6) is 0 Å². The van der Waals surface area contributed by atoms with Gasteiger partial charge in [0.05, 0.1) is 6.04 Å². The minimum atomic E-state index is -0.173. The van der Waals surface area contributed by atoms with Crippen molar-refractivity contribution in [2.45, 2.75) is 31.8 Å². The second-order valence-electron chi connectivity index (χ2n) is 5.89. The normalized spacial score (nSPS) is 17.5. The molecule has 1 N–H and O–H groups in total. The Morgan fingerprint density at radius 2 is 1.86 bits per heavy atom. The van der Waals surface area contributed by atoms with E-state index in [4.69, 9.17) is 0 Å². The molecule has 1 aliphatic heterocycles. The van der Waals surface area contributed by atoms with Gasteiger partial charge in [-0.2, -0.15) is 0 Å². The zero-order valence-corrected chi connectivity index (χ0v) is 13.6. The highest BCUT2D eigenvalue weighted by Crippen LogP contribution is 2.27. The minimum Gasteiger partial charge on any atom is -0.311 e. The molecule has 118 valence electrons. The van der Waals surface area contributed by atoms with E-state index in [2.05, 4.69) is 27.7 Å². The topological polar surface area (TPSA) is 15.3 Å². The van der Waals surface area contributed by atoms with Crippen molar-refractivity contribution < 1.29 is 4.39 Å². The zero-order valence-electron chi connectivity index (χ0n) is 12.8. The first kappa shape index (κ1) is 15.7. The van der Waals surface area contributed by atoms with Crippen LogP contribution in [0.4, 0.5) is 4.39 Å². The van der Waals surface area contributed by atoms with E-state index in [-0.39, 0.29) is 5.82 Å². The monoisotopic (exact) mass is 318 g/mol. The molecule has 0 spiro atoms. The predicted molar refractivity (Wildman–Crippen MR) is 90.6 cm³/mol. The molecule has 1 aromatic carbocycles. The summed E-state index contributed by atoms with van der Waals surface area (Å²) in [7, 11) is 0. The molecule has 1 saturated heterocycles. The lowest BCUT2D eigenvalue weighted by molar-refractivity contribution is 0.162. The fourth-order valence-electron chi connectivity index (χ4n) is 3.08. The van der Waals surface area contributed by atoms with Gasteiger partial charge in [0.15, 0.2) is 0 Å². The summed E-state index contributed by atoms with van der Waals surface area (Å²) in [6.07, 6.45) is 3.97. The van der Waals surface area contributed by atoms with Crippen molar-refractivity contribution >= 4 is 11.3 Å². The number of hydrogen-bond donors (Lipinski definition) is 1. The molecule has 0 saturated carbocycles. The molecule has 1 aromatic heterocycles. The molecule has 4 heteroatoms. The first-order valence-corrected chi connectivity index (χ1v) is 8.93. The molecule has 0 radical (unpaired) electrons. The van der Waals surface area contributed by atoms with Crippen LogP contribution in [0.15, 0.2) is 41.8 Å². The third-order valence-electron chi connectivity index (χ3n) is 4.28. The molecule has 1 aliphatic rings. The summed E-state index contributed by atoms with van der Waals surface area (Å²) in [5, 5.41) is 5.71. The number of nitrogens with one attached hydrogen (secondary N) is 1. The van der Waals surface area contributed by atoms with E-state index in [9.17, 15) is 4.39 Å². The average molecular weight is 318 g/mol. The first-order valence-electron chi connectivity index (χ1n) is 8.05. The van der Waals surface area contributed by atoms with Crippen molar-refractivity contribution in [2.24, 2.45) is 0 Å². The van der Waals surface area contributed by atoms with Crippen molar-refractivity contribution in [3.05, 3.63) is 58.0 Å². The van der Waals surface area contributed by atoms with Gasteiger partial charge in [-0.25, -0.2) is 4.39 Å². The Hall–Kier alpha value is -1.23. The van der Waals surface area contributed by atoms with Crippen LogP contribution in [-0.2, 0) is 6.54 Å². The van der Waals surface area contributed by atoms with E-state index >= 15 is 0 Å². The Balaban J connectivity index is 1.59. The van der Waals surface area contributed by atoms with E-state index in [1.165, 1.54) is 49.4 Å². The lowest BCUT2D eigenvalue weighted by atomic mass is 10.1. The molecule has 1 fully saturated rings. The van der Waals surface area contributed by atoms with Gasteiger partial charge in [-0.05, 0) is 55.1 Å². The Bertz CT molecular complexity index is 547. The molecule has 1 unspecified atom stereocenters. The van der Waals surface area contributed by atoms with Crippen LogP contribution in [0.2, 0.25) is 0 Å². The molecular weight excluding hydrogens is 295 g/mol. The third kappa shape index (κ3) is 4.15. The van der Waals surface area contributed by atoms with E-state index in [0.29, 0.717) is 6.04 Å². The number of benzene rings is 1. The lowest BCUT2D eigenvalue weighted by Gasteiger charge is -2.34. The van der Waals surface area contributed by atoms with Gasteiger partial charge in [-0.15, -0.1) is 11.3 Å². The molecule has 0 aliphatic carbocycles. The highest BCUT2D eigenvalue weighted by molar-refractivity contribution is 7.10. The summed E-state index contributed by atoms with van der Waals surface area (Å²) in [6.45, 7) is 4.12. The summed E-state index contributed by atoms with van der Waals surface area (Å²) in [6, 6.07) is 11.6. The molecular formula is C18H23FN2S. The van der Waals surface area contributed by atoms with Crippen LogP contribution in [-0.4, -0.2) is 24.5 Å². The quantitative estimate of drug-likeness (QED) is 0.858. The number of halogens is 1. The van der Waals surface area contributed by atoms with Crippen molar-refractivity contribution in [1.82, 2.24) is 10.2 Å². The van der Waals surface area contributed by atoms with Crippen molar-refractivity contribution in [1.29, 1.82) is 0 Å². The van der Waals surface area contributed by atoms with Crippen LogP contribution >= 0.6 is 11.3 Å². The van der Waals surface area contributed by atoms with E-state index in [0.717, 1.165) is 18.7 Å². The molecule has 22 heavy (non-hydrogen) atoms. The zero-order chi connectivity index (χ0) is 15.2. The Morgan fingerprint density at radius 3 is 2.55 bits per heavy atom. The number of hydrogen-bond acceptors (Lipinski definition) is 3. The SMILES string of the molecule is Fc1ccc(CNCC(c2cccs2)N2CCCCC2)cc1. The second-order valence-corrected chi connectivity index (χ2v) is 6.86. The Kier molecular flexibility index (Phi) is 5.59. The maximum atomic E-state index is 12.9. The van der Waals surface area contributed by atoms with E-state index in [1.807, 2.05) is 23.5 Å². The summed E-state index contributed by atoms with van der Waals surface area (Å²) in [5.74, 6) is -0.173. The number of rotatable bonds is 6. The largest absolute Gasteiger partial charge is 0.311 e. The number of thiophene rings is 1. The molecule has 0 amide bonds. The second kappa shape index (κ2) is 7.86. The molecule has 2 heterocycles. The van der Waals surface area contributed by atoms with Gasteiger partial charge in [-0.1, -0.05) is 24.6 Å². The summed E-state index contributed by atoms with van der Waals surface area (Å²) >= 11 is 1.84. The van der Waals surface area contributed by atoms with Crippen molar-refractivity contribution in [3.63, 3.8) is 0 Å². The third-order valence-corrected chi connectivity index (χ3v) is 5.26. The standard InChI is InChI=1S/C18H23FN2S/c19-16-8-6-15(7-9-16)13-20-14-17(18-5-4-12-22-18)21-10-2-1-3-11-21/h4-9,12,17,20H,1-3,10-11,13-14H2. The van der Waals surface area contributed by atoms with Gasteiger partial charge in [-0.3, -0.25) is 4.90 Å². The van der Waals surface area contributed by atoms with Crippen LogP contribution in [0, 0.1) is 5.82 Å². The van der Waals surface area contributed by atoms with Gasteiger partial charge in [0.1, 0.15) is 5.82 Å². The average Bonchev–Trinajstić information content (AvgIpc) is 3.08. The Labute approximate surface area is 136 Å². The van der Waals surface area contributed by atoms with Crippen LogP contribution in [0.3, 0.4) is 0 Å². The lowest BCUT2D eigenvalue weighted by Crippen LogP contribution is -2.38. The fraction of sp³-hybridized carbons (Fsp3) is 0.444. The summed E-state index contributed by atoms with van der Waals surface area (Å²) in [5.41, 5.74) is 1.13. The predicted octanol–water partition coefficient (Wildman–Crippen LogP) is 4.20. The van der Waals surface area contributed by atoms with Crippen molar-refractivity contribution in [3.8, 4) is 0 Å². The van der Waals surface area contributed by atoms with Crippen LogP contribution in [0.25, 0.3) is 0 Å². The van der Waals surface area contributed by atoms with Crippen LogP contribution < -0.4 is 5.32 Å². The van der Waals surface area contributed by atoms with Crippen molar-refractivity contribution in [2.75, 3.05) is 19.6 Å².